The first-order valence-corrected chi connectivity index (χ1v) is 9.06. The summed E-state index contributed by atoms with van der Waals surface area (Å²) in [5, 5.41) is 6.44. The molecule has 0 unspecified atom stereocenters. The van der Waals surface area contributed by atoms with Crippen LogP contribution >= 0.6 is 0 Å². The number of hydrogen-bond acceptors (Lipinski definition) is 5. The molecule has 0 bridgehead atoms. The quantitative estimate of drug-likeness (QED) is 0.437. The van der Waals surface area contributed by atoms with Crippen LogP contribution in [0, 0.1) is 13.8 Å². The summed E-state index contributed by atoms with van der Waals surface area (Å²) in [5.74, 6) is -0.394. The van der Waals surface area contributed by atoms with Gasteiger partial charge in [-0.05, 0) is 57.0 Å². The zero-order valence-corrected chi connectivity index (χ0v) is 16.5. The van der Waals surface area contributed by atoms with E-state index in [-0.39, 0.29) is 0 Å². The van der Waals surface area contributed by atoms with E-state index in [1.54, 1.807) is 24.3 Å². The van der Waals surface area contributed by atoms with Crippen LogP contribution in [0.2, 0.25) is 0 Å². The molecule has 0 aliphatic carbocycles. The molecule has 7 nitrogen and oxygen atoms in total. The van der Waals surface area contributed by atoms with Crippen LogP contribution in [0.25, 0.3) is 0 Å². The predicted molar refractivity (Wildman–Crippen MR) is 109 cm³/mol. The van der Waals surface area contributed by atoms with Crippen LogP contribution in [0.4, 0.5) is 5.69 Å². The van der Waals surface area contributed by atoms with Gasteiger partial charge in [-0.3, -0.25) is 9.59 Å². The summed E-state index contributed by atoms with van der Waals surface area (Å²) in [4.78, 5) is 24.1. The van der Waals surface area contributed by atoms with Gasteiger partial charge in [-0.25, -0.2) is 5.43 Å². The third kappa shape index (κ3) is 5.57. The number of ether oxygens (including phenoxy) is 2. The molecule has 0 heterocycles. The Morgan fingerprint density at radius 3 is 2.50 bits per heavy atom. The lowest BCUT2D eigenvalue weighted by Crippen LogP contribution is -2.32. The number of nitrogens with zero attached hydrogens (tertiary/aromatic N) is 1. The van der Waals surface area contributed by atoms with Gasteiger partial charge in [0.15, 0.2) is 0 Å². The highest BCUT2D eigenvalue weighted by atomic mass is 16.5. The van der Waals surface area contributed by atoms with E-state index in [1.165, 1.54) is 6.21 Å². The number of rotatable bonds is 7. The SMILES string of the molecule is CCOc1ccc(/C=N\NC(=O)C(=O)Nc2cccc(C)c2C)c(OCC)c1. The van der Waals surface area contributed by atoms with Gasteiger partial charge in [0.05, 0.1) is 19.4 Å². The van der Waals surface area contributed by atoms with Crippen LogP contribution in [-0.4, -0.2) is 31.2 Å². The lowest BCUT2D eigenvalue weighted by molar-refractivity contribution is -0.136. The first kappa shape index (κ1) is 21.0. The summed E-state index contributed by atoms with van der Waals surface area (Å²) < 4.78 is 11.0. The van der Waals surface area contributed by atoms with E-state index >= 15 is 0 Å². The first-order valence-electron chi connectivity index (χ1n) is 9.06. The van der Waals surface area contributed by atoms with E-state index in [4.69, 9.17) is 9.47 Å². The number of hydrogen-bond donors (Lipinski definition) is 2. The van der Waals surface area contributed by atoms with E-state index in [0.717, 1.165) is 11.1 Å². The number of amides is 2. The molecule has 0 aromatic heterocycles. The van der Waals surface area contributed by atoms with Crippen molar-refractivity contribution in [1.29, 1.82) is 0 Å². The van der Waals surface area contributed by atoms with Gasteiger partial charge in [0.1, 0.15) is 11.5 Å². The second kappa shape index (κ2) is 10.1. The van der Waals surface area contributed by atoms with Crippen LogP contribution in [-0.2, 0) is 9.59 Å². The maximum absolute atomic E-state index is 12.1. The number of benzene rings is 2. The summed E-state index contributed by atoms with van der Waals surface area (Å²) in [6, 6.07) is 10.8. The normalized spacial score (nSPS) is 10.6. The minimum atomic E-state index is -0.860. The Morgan fingerprint density at radius 1 is 1.04 bits per heavy atom. The van der Waals surface area contributed by atoms with E-state index in [9.17, 15) is 9.59 Å². The molecule has 2 N–H and O–H groups in total. The summed E-state index contributed by atoms with van der Waals surface area (Å²) in [6.45, 7) is 8.60. The van der Waals surface area contributed by atoms with Crippen molar-refractivity contribution in [2.75, 3.05) is 18.5 Å². The summed E-state index contributed by atoms with van der Waals surface area (Å²) in [5.41, 5.74) is 5.40. The number of hydrazone groups is 1. The van der Waals surface area contributed by atoms with Gasteiger partial charge < -0.3 is 14.8 Å². The molecule has 2 rings (SSSR count). The Hall–Kier alpha value is -3.35. The molecule has 0 radical (unpaired) electrons. The van der Waals surface area contributed by atoms with E-state index < -0.39 is 11.8 Å². The molecular weight excluding hydrogens is 358 g/mol. The van der Waals surface area contributed by atoms with Gasteiger partial charge >= 0.3 is 11.8 Å². The highest BCUT2D eigenvalue weighted by Crippen LogP contribution is 2.24. The lowest BCUT2D eigenvalue weighted by Gasteiger charge is -2.10. The van der Waals surface area contributed by atoms with E-state index in [1.807, 2.05) is 39.8 Å². The molecule has 0 aliphatic heterocycles. The van der Waals surface area contributed by atoms with Crippen molar-refractivity contribution < 1.29 is 19.1 Å². The van der Waals surface area contributed by atoms with Crippen LogP contribution < -0.4 is 20.2 Å². The fourth-order valence-electron chi connectivity index (χ4n) is 2.44. The van der Waals surface area contributed by atoms with Gasteiger partial charge in [-0.2, -0.15) is 5.10 Å². The molecule has 0 fully saturated rings. The average molecular weight is 383 g/mol. The average Bonchev–Trinajstić information content (AvgIpc) is 2.67. The Kier molecular flexibility index (Phi) is 7.56. The van der Waals surface area contributed by atoms with Gasteiger partial charge in [0, 0.05) is 17.3 Å². The van der Waals surface area contributed by atoms with Crippen molar-refractivity contribution in [3.8, 4) is 11.5 Å². The maximum atomic E-state index is 12.1. The van der Waals surface area contributed by atoms with Crippen molar-refractivity contribution in [2.24, 2.45) is 5.10 Å². The van der Waals surface area contributed by atoms with Crippen molar-refractivity contribution >= 4 is 23.7 Å². The molecular formula is C21H25N3O4. The second-order valence-corrected chi connectivity index (χ2v) is 5.97. The van der Waals surface area contributed by atoms with Crippen molar-refractivity contribution in [3.63, 3.8) is 0 Å². The van der Waals surface area contributed by atoms with Gasteiger partial charge in [0.25, 0.3) is 0 Å². The van der Waals surface area contributed by atoms with E-state index in [2.05, 4.69) is 15.8 Å². The highest BCUT2D eigenvalue weighted by molar-refractivity contribution is 6.39. The zero-order valence-electron chi connectivity index (χ0n) is 16.5. The largest absolute Gasteiger partial charge is 0.494 e. The van der Waals surface area contributed by atoms with E-state index in [0.29, 0.717) is 36.0 Å². The van der Waals surface area contributed by atoms with Crippen LogP contribution in [0.5, 0.6) is 11.5 Å². The third-order valence-corrected chi connectivity index (χ3v) is 4.02. The summed E-state index contributed by atoms with van der Waals surface area (Å²) >= 11 is 0. The van der Waals surface area contributed by atoms with Gasteiger partial charge in [-0.15, -0.1) is 0 Å². The molecule has 0 saturated heterocycles. The molecule has 0 spiro atoms. The van der Waals surface area contributed by atoms with Crippen LogP contribution in [0.3, 0.4) is 0 Å². The smallest absolute Gasteiger partial charge is 0.329 e. The highest BCUT2D eigenvalue weighted by Gasteiger charge is 2.14. The lowest BCUT2D eigenvalue weighted by atomic mass is 10.1. The number of aryl methyl sites for hydroxylation is 1. The second-order valence-electron chi connectivity index (χ2n) is 5.97. The molecule has 0 aliphatic rings. The minimum absolute atomic E-state index is 0.473. The molecule has 2 aromatic rings. The summed E-state index contributed by atoms with van der Waals surface area (Å²) in [7, 11) is 0. The molecule has 28 heavy (non-hydrogen) atoms. The van der Waals surface area contributed by atoms with Crippen molar-refractivity contribution in [1.82, 2.24) is 5.43 Å². The Morgan fingerprint density at radius 2 is 1.79 bits per heavy atom. The number of nitrogens with one attached hydrogen (secondary N) is 2. The molecule has 148 valence electrons. The van der Waals surface area contributed by atoms with Crippen LogP contribution in [0.15, 0.2) is 41.5 Å². The Labute approximate surface area is 164 Å². The maximum Gasteiger partial charge on any atom is 0.329 e. The monoisotopic (exact) mass is 383 g/mol. The number of carbonyl (C=O) groups excluding carboxylic acids is 2. The summed E-state index contributed by atoms with van der Waals surface area (Å²) in [6.07, 6.45) is 1.42. The fourth-order valence-corrected chi connectivity index (χ4v) is 2.44. The fraction of sp³-hybridized carbons (Fsp3) is 0.286. The van der Waals surface area contributed by atoms with Gasteiger partial charge in [0.2, 0.25) is 0 Å². The minimum Gasteiger partial charge on any atom is -0.494 e. The Bertz CT molecular complexity index is 878. The zero-order chi connectivity index (χ0) is 20.5. The molecule has 2 aromatic carbocycles. The molecule has 0 saturated carbocycles. The van der Waals surface area contributed by atoms with Crippen LogP contribution in [0.1, 0.15) is 30.5 Å². The first-order chi connectivity index (χ1) is 13.5. The van der Waals surface area contributed by atoms with Crippen molar-refractivity contribution in [3.05, 3.63) is 53.1 Å². The standard InChI is InChI=1S/C21H25N3O4/c1-5-27-17-11-10-16(19(12-17)28-6-2)13-22-24-21(26)20(25)23-18-9-7-8-14(3)15(18)4/h7-13H,5-6H2,1-4H3,(H,23,25)(H,24,26)/b22-13-. The number of anilines is 1. The Balaban J connectivity index is 2.02. The third-order valence-electron chi connectivity index (χ3n) is 4.02. The number of carbonyl (C=O) groups is 2. The molecule has 0 atom stereocenters. The van der Waals surface area contributed by atoms with Crippen molar-refractivity contribution in [2.45, 2.75) is 27.7 Å². The molecule has 2 amide bonds. The predicted octanol–water partition coefficient (Wildman–Crippen LogP) is 3.19. The van der Waals surface area contributed by atoms with Gasteiger partial charge in [-0.1, -0.05) is 12.1 Å². The molecule has 7 heteroatoms. The topological polar surface area (TPSA) is 89.0 Å².